The molecule has 0 bridgehead atoms. The van der Waals surface area contributed by atoms with E-state index in [9.17, 15) is 13.2 Å². The highest BCUT2D eigenvalue weighted by molar-refractivity contribution is 8.08. The number of fused-ring (bicyclic) bond motifs is 1. The van der Waals surface area contributed by atoms with Crippen LogP contribution in [-0.2, 0) is 14.6 Å². The van der Waals surface area contributed by atoms with Crippen molar-refractivity contribution in [3.8, 4) is 0 Å². The van der Waals surface area contributed by atoms with Crippen molar-refractivity contribution in [2.45, 2.75) is 57.4 Å². The number of anilines is 1. The van der Waals surface area contributed by atoms with E-state index >= 15 is 0 Å². The van der Waals surface area contributed by atoms with Gasteiger partial charge in [-0.15, -0.1) is 0 Å². The molecule has 1 fully saturated rings. The van der Waals surface area contributed by atoms with E-state index in [1.807, 2.05) is 26.8 Å². The average molecular weight is 363 g/mol. The van der Waals surface area contributed by atoms with Gasteiger partial charge in [-0.25, -0.2) is 8.42 Å². The van der Waals surface area contributed by atoms with E-state index in [1.54, 1.807) is 22.0 Å². The first-order valence-electron chi connectivity index (χ1n) is 8.85. The first kappa shape index (κ1) is 17.9. The Morgan fingerprint density at radius 2 is 1.76 bits per heavy atom. The average Bonchev–Trinajstić information content (AvgIpc) is 2.83. The van der Waals surface area contributed by atoms with Gasteiger partial charge in [-0.2, -0.15) is 5.10 Å². The van der Waals surface area contributed by atoms with Crippen molar-refractivity contribution in [2.24, 2.45) is 5.10 Å². The molecule has 0 radical (unpaired) electrons. The first-order chi connectivity index (χ1) is 11.8. The van der Waals surface area contributed by atoms with Crippen LogP contribution in [0.3, 0.4) is 0 Å². The van der Waals surface area contributed by atoms with Crippen LogP contribution in [0.1, 0.15) is 45.1 Å². The Morgan fingerprint density at radius 1 is 1.12 bits per heavy atom. The summed E-state index contributed by atoms with van der Waals surface area (Å²) in [5.41, 5.74) is 1.50. The van der Waals surface area contributed by atoms with Crippen LogP contribution in [-0.4, -0.2) is 43.4 Å². The van der Waals surface area contributed by atoms with Crippen molar-refractivity contribution in [1.82, 2.24) is 4.90 Å². The van der Waals surface area contributed by atoms with Gasteiger partial charge in [0.2, 0.25) is 14.9 Å². The minimum Gasteiger partial charge on any atom is -0.337 e. The summed E-state index contributed by atoms with van der Waals surface area (Å²) in [6.45, 7) is 6.96. The number of hydrogen-bond acceptors (Lipinski definition) is 5. The molecule has 0 unspecified atom stereocenters. The summed E-state index contributed by atoms with van der Waals surface area (Å²) in [6, 6.07) is 5.10. The third kappa shape index (κ3) is 3.29. The highest BCUT2D eigenvalue weighted by atomic mass is 32.2. The summed E-state index contributed by atoms with van der Waals surface area (Å²) in [7, 11) is -3.91. The van der Waals surface area contributed by atoms with Crippen molar-refractivity contribution in [2.75, 3.05) is 18.1 Å². The maximum absolute atomic E-state index is 13.0. The molecular formula is C18H25N3O3S. The summed E-state index contributed by atoms with van der Waals surface area (Å²) in [4.78, 5) is 14.8. The second kappa shape index (κ2) is 6.78. The fourth-order valence-electron chi connectivity index (χ4n) is 3.30. The van der Waals surface area contributed by atoms with Gasteiger partial charge in [-0.1, -0.05) is 18.9 Å². The second-order valence-corrected chi connectivity index (χ2v) is 8.86. The van der Waals surface area contributed by atoms with Crippen molar-refractivity contribution < 1.29 is 13.2 Å². The molecule has 1 aromatic carbocycles. The van der Waals surface area contributed by atoms with Gasteiger partial charge in [0.1, 0.15) is 0 Å². The quantitative estimate of drug-likeness (QED) is 0.810. The van der Waals surface area contributed by atoms with Crippen LogP contribution in [0.4, 0.5) is 5.69 Å². The lowest BCUT2D eigenvalue weighted by Gasteiger charge is -2.31. The van der Waals surface area contributed by atoms with E-state index in [1.165, 1.54) is 0 Å². The molecule has 2 aliphatic rings. The van der Waals surface area contributed by atoms with E-state index in [0.717, 1.165) is 31.2 Å². The summed E-state index contributed by atoms with van der Waals surface area (Å²) in [5.74, 6) is -0.473. The Labute approximate surface area is 149 Å². The number of carbonyl (C=O) groups is 1. The number of hydrogen-bond donors (Lipinski definition) is 0. The van der Waals surface area contributed by atoms with Gasteiger partial charge in [0.25, 0.3) is 5.91 Å². The molecule has 0 N–H and O–H groups in total. The fourth-order valence-corrected chi connectivity index (χ4v) is 4.74. The molecule has 1 aromatic rings. The van der Waals surface area contributed by atoms with E-state index in [0.29, 0.717) is 18.8 Å². The summed E-state index contributed by atoms with van der Waals surface area (Å²) >= 11 is 0. The number of likely N-dealkylation sites (tertiary alicyclic amines) is 1. The van der Waals surface area contributed by atoms with Crippen molar-refractivity contribution in [1.29, 1.82) is 0 Å². The van der Waals surface area contributed by atoms with Gasteiger partial charge >= 0.3 is 0 Å². The Kier molecular flexibility index (Phi) is 4.86. The van der Waals surface area contributed by atoms with Gasteiger partial charge in [0.05, 0.1) is 10.6 Å². The van der Waals surface area contributed by atoms with Gasteiger partial charge in [0, 0.05) is 19.1 Å². The maximum atomic E-state index is 13.0. The Morgan fingerprint density at radius 3 is 2.36 bits per heavy atom. The molecule has 1 amide bonds. The predicted molar refractivity (Wildman–Crippen MR) is 98.5 cm³/mol. The molecule has 3 rings (SSSR count). The summed E-state index contributed by atoms with van der Waals surface area (Å²) in [6.07, 6.45) is 3.96. The number of rotatable bonds is 2. The normalized spacial score (nSPS) is 20.1. The molecule has 25 heavy (non-hydrogen) atoms. The van der Waals surface area contributed by atoms with Crippen LogP contribution >= 0.6 is 0 Å². The lowest BCUT2D eigenvalue weighted by molar-refractivity contribution is -0.123. The monoisotopic (exact) mass is 363 g/mol. The topological polar surface area (TPSA) is 70.1 Å². The number of benzene rings is 1. The molecular weight excluding hydrogens is 338 g/mol. The van der Waals surface area contributed by atoms with Gasteiger partial charge in [-0.3, -0.25) is 9.80 Å². The molecule has 0 aromatic heterocycles. The molecule has 136 valence electrons. The highest BCUT2D eigenvalue weighted by Gasteiger charge is 2.40. The molecule has 0 aliphatic carbocycles. The molecule has 6 nitrogen and oxygen atoms in total. The van der Waals surface area contributed by atoms with E-state index in [4.69, 9.17) is 0 Å². The Balaban J connectivity index is 2.07. The maximum Gasteiger partial charge on any atom is 0.286 e. The van der Waals surface area contributed by atoms with Crippen molar-refractivity contribution in [3.05, 3.63) is 23.8 Å². The van der Waals surface area contributed by atoms with Crippen molar-refractivity contribution >= 4 is 26.5 Å². The zero-order valence-electron chi connectivity index (χ0n) is 15.0. The number of aryl methyl sites for hydroxylation is 1. The van der Waals surface area contributed by atoms with E-state index in [-0.39, 0.29) is 16.0 Å². The van der Waals surface area contributed by atoms with Crippen LogP contribution < -0.4 is 5.01 Å². The molecule has 0 saturated carbocycles. The molecule has 0 spiro atoms. The largest absolute Gasteiger partial charge is 0.337 e. The van der Waals surface area contributed by atoms with Crippen LogP contribution in [0, 0.1) is 6.92 Å². The Bertz CT molecular complexity index is 807. The first-order valence-corrected chi connectivity index (χ1v) is 10.3. The third-order valence-electron chi connectivity index (χ3n) is 4.67. The van der Waals surface area contributed by atoms with E-state index < -0.39 is 15.7 Å². The van der Waals surface area contributed by atoms with Crippen molar-refractivity contribution in [3.63, 3.8) is 0 Å². The van der Waals surface area contributed by atoms with Crippen LogP contribution in [0.15, 0.2) is 28.2 Å². The van der Waals surface area contributed by atoms with Crippen LogP contribution in [0.25, 0.3) is 0 Å². The molecule has 2 aliphatic heterocycles. The smallest absolute Gasteiger partial charge is 0.286 e. The standard InChI is InChI=1S/C18H25N3O3S/c1-13(2)21-15-12-14(3)8-9-16(15)25(23,24)17(19-21)18(22)20-10-6-4-5-7-11-20/h8-9,12-13H,4-7,10-11H2,1-3H3. The second-order valence-electron chi connectivity index (χ2n) is 7.02. The van der Waals surface area contributed by atoms with Gasteiger partial charge in [0.15, 0.2) is 0 Å². The zero-order chi connectivity index (χ0) is 18.2. The third-order valence-corrected chi connectivity index (χ3v) is 6.36. The minimum atomic E-state index is -3.91. The van der Waals surface area contributed by atoms with Crippen LogP contribution in [0.5, 0.6) is 0 Å². The predicted octanol–water partition coefficient (Wildman–Crippen LogP) is 2.71. The molecule has 7 heteroatoms. The molecule has 1 saturated heterocycles. The lowest BCUT2D eigenvalue weighted by atomic mass is 10.2. The number of nitrogens with zero attached hydrogens (tertiary/aromatic N) is 3. The lowest BCUT2D eigenvalue weighted by Crippen LogP contribution is -2.45. The number of sulfone groups is 1. The van der Waals surface area contributed by atoms with Gasteiger partial charge < -0.3 is 4.90 Å². The number of hydrazone groups is 1. The fraction of sp³-hybridized carbons (Fsp3) is 0.556. The summed E-state index contributed by atoms with van der Waals surface area (Å²) < 4.78 is 26.1. The zero-order valence-corrected chi connectivity index (χ0v) is 15.8. The molecule has 0 atom stereocenters. The number of carbonyl (C=O) groups excluding carboxylic acids is 1. The number of amides is 1. The van der Waals surface area contributed by atoms with Gasteiger partial charge in [-0.05, 0) is 51.3 Å². The van der Waals surface area contributed by atoms with Crippen LogP contribution in [0.2, 0.25) is 0 Å². The SMILES string of the molecule is Cc1ccc2c(c1)N(C(C)C)N=C(C(=O)N1CCCCCC1)S2(=O)=O. The minimum absolute atomic E-state index is 0.0528. The highest BCUT2D eigenvalue weighted by Crippen LogP contribution is 2.34. The van der Waals surface area contributed by atoms with E-state index in [2.05, 4.69) is 5.10 Å². The summed E-state index contributed by atoms with van der Waals surface area (Å²) in [5, 5.41) is 5.59. The Hall–Kier alpha value is -1.89. The molecule has 2 heterocycles.